The van der Waals surface area contributed by atoms with Crippen molar-refractivity contribution in [2.75, 3.05) is 25.1 Å². The molecule has 1 heterocycles. The standard InChI is InChI=1S/C22H22ClNO6/c1-13-9-14(2)22(16(23)10-13)24-20(26)12-30-21(27)6-4-17(25)15-3-5-18-19(11-15)29-8-7-28-18/h3,5,9-11H,4,6-8,12H2,1-2H3,(H,24,26). The third-order valence-corrected chi connectivity index (χ3v) is 4.78. The number of esters is 1. The number of ether oxygens (including phenoxy) is 3. The monoisotopic (exact) mass is 431 g/mol. The third-order valence-electron chi connectivity index (χ3n) is 4.48. The smallest absolute Gasteiger partial charge is 0.306 e. The van der Waals surface area contributed by atoms with E-state index in [9.17, 15) is 14.4 Å². The third kappa shape index (κ3) is 5.51. The van der Waals surface area contributed by atoms with Gasteiger partial charge in [-0.25, -0.2) is 0 Å². The maximum absolute atomic E-state index is 12.3. The van der Waals surface area contributed by atoms with Crippen molar-refractivity contribution < 1.29 is 28.6 Å². The van der Waals surface area contributed by atoms with E-state index in [1.165, 1.54) is 0 Å². The van der Waals surface area contributed by atoms with Gasteiger partial charge in [-0.15, -0.1) is 0 Å². The normalized spacial score (nSPS) is 12.2. The summed E-state index contributed by atoms with van der Waals surface area (Å²) in [7, 11) is 0. The largest absolute Gasteiger partial charge is 0.486 e. The Morgan fingerprint density at radius 1 is 1.03 bits per heavy atom. The van der Waals surface area contributed by atoms with Crippen LogP contribution in [0, 0.1) is 13.8 Å². The highest BCUT2D eigenvalue weighted by molar-refractivity contribution is 6.34. The summed E-state index contributed by atoms with van der Waals surface area (Å²) in [5.74, 6) is -0.267. The Bertz CT molecular complexity index is 965. The van der Waals surface area contributed by atoms with Crippen LogP contribution in [-0.2, 0) is 14.3 Å². The molecule has 2 aromatic carbocycles. The van der Waals surface area contributed by atoms with Crippen molar-refractivity contribution in [1.82, 2.24) is 0 Å². The Morgan fingerprint density at radius 2 is 1.77 bits per heavy atom. The van der Waals surface area contributed by atoms with Gasteiger partial charge in [0.2, 0.25) is 0 Å². The van der Waals surface area contributed by atoms with Gasteiger partial charge < -0.3 is 19.5 Å². The average Bonchev–Trinajstić information content (AvgIpc) is 2.72. The summed E-state index contributed by atoms with van der Waals surface area (Å²) in [5.41, 5.74) is 2.70. The Labute approximate surface area is 179 Å². The quantitative estimate of drug-likeness (QED) is 0.528. The van der Waals surface area contributed by atoms with Crippen LogP contribution in [0.3, 0.4) is 0 Å². The van der Waals surface area contributed by atoms with E-state index in [1.54, 1.807) is 24.3 Å². The van der Waals surface area contributed by atoms with Gasteiger partial charge in [0.05, 0.1) is 17.1 Å². The molecule has 158 valence electrons. The fourth-order valence-electron chi connectivity index (χ4n) is 3.04. The topological polar surface area (TPSA) is 90.9 Å². The molecule has 0 saturated carbocycles. The molecule has 3 rings (SSSR count). The number of nitrogens with one attached hydrogen (secondary N) is 1. The second-order valence-corrected chi connectivity index (χ2v) is 7.34. The first-order chi connectivity index (χ1) is 14.3. The molecule has 1 amide bonds. The molecule has 0 spiro atoms. The van der Waals surface area contributed by atoms with Crippen molar-refractivity contribution in [2.24, 2.45) is 0 Å². The molecule has 0 unspecified atom stereocenters. The number of carbonyl (C=O) groups excluding carboxylic acids is 3. The van der Waals surface area contributed by atoms with Crippen molar-refractivity contribution in [2.45, 2.75) is 26.7 Å². The maximum Gasteiger partial charge on any atom is 0.306 e. The lowest BCUT2D eigenvalue weighted by Gasteiger charge is -2.18. The Morgan fingerprint density at radius 3 is 2.50 bits per heavy atom. The predicted octanol–water partition coefficient (Wildman–Crippen LogP) is 3.87. The molecule has 1 aliphatic heterocycles. The maximum atomic E-state index is 12.3. The van der Waals surface area contributed by atoms with Crippen molar-refractivity contribution >= 4 is 34.9 Å². The zero-order valence-corrected chi connectivity index (χ0v) is 17.5. The van der Waals surface area contributed by atoms with Gasteiger partial charge in [0, 0.05) is 12.0 Å². The van der Waals surface area contributed by atoms with E-state index >= 15 is 0 Å². The molecule has 8 heteroatoms. The first-order valence-electron chi connectivity index (χ1n) is 9.48. The Hall–Kier alpha value is -3.06. The fraction of sp³-hybridized carbons (Fsp3) is 0.318. The summed E-state index contributed by atoms with van der Waals surface area (Å²) in [6, 6.07) is 8.52. The lowest BCUT2D eigenvalue weighted by Crippen LogP contribution is -2.22. The molecule has 30 heavy (non-hydrogen) atoms. The summed E-state index contributed by atoms with van der Waals surface area (Å²) in [6.45, 7) is 4.16. The van der Waals surface area contributed by atoms with Gasteiger partial charge in [0.25, 0.3) is 5.91 Å². The highest BCUT2D eigenvalue weighted by atomic mass is 35.5. The number of ketones is 1. The van der Waals surface area contributed by atoms with E-state index in [4.69, 9.17) is 25.8 Å². The first kappa shape index (κ1) is 21.6. The number of amides is 1. The van der Waals surface area contributed by atoms with Crippen LogP contribution in [0.1, 0.15) is 34.3 Å². The number of anilines is 1. The van der Waals surface area contributed by atoms with E-state index in [1.807, 2.05) is 19.9 Å². The van der Waals surface area contributed by atoms with Crippen molar-refractivity contribution in [1.29, 1.82) is 0 Å². The highest BCUT2D eigenvalue weighted by Gasteiger charge is 2.17. The van der Waals surface area contributed by atoms with Crippen LogP contribution < -0.4 is 14.8 Å². The summed E-state index contributed by atoms with van der Waals surface area (Å²) < 4.78 is 15.8. The second-order valence-electron chi connectivity index (χ2n) is 6.93. The summed E-state index contributed by atoms with van der Waals surface area (Å²) in [6.07, 6.45) is -0.173. The van der Waals surface area contributed by atoms with Crippen LogP contribution >= 0.6 is 11.6 Å². The van der Waals surface area contributed by atoms with E-state index < -0.39 is 18.5 Å². The Kier molecular flexibility index (Phi) is 6.95. The summed E-state index contributed by atoms with van der Waals surface area (Å²) in [5, 5.41) is 3.05. The number of Topliss-reactive ketones (excluding diaryl/α,β-unsaturated/α-hetero) is 1. The number of carbonyl (C=O) groups is 3. The molecule has 7 nitrogen and oxygen atoms in total. The summed E-state index contributed by atoms with van der Waals surface area (Å²) >= 11 is 6.15. The van der Waals surface area contributed by atoms with Crippen LogP contribution in [0.4, 0.5) is 5.69 Å². The summed E-state index contributed by atoms with van der Waals surface area (Å²) in [4.78, 5) is 36.3. The van der Waals surface area contributed by atoms with Gasteiger partial charge >= 0.3 is 5.97 Å². The van der Waals surface area contributed by atoms with E-state index in [0.29, 0.717) is 41.0 Å². The lowest BCUT2D eigenvalue weighted by molar-refractivity contribution is -0.147. The molecule has 0 bridgehead atoms. The molecule has 0 aliphatic carbocycles. The zero-order chi connectivity index (χ0) is 21.7. The molecule has 0 aromatic heterocycles. The minimum absolute atomic E-state index is 0.0387. The molecule has 0 radical (unpaired) electrons. The molecule has 2 aromatic rings. The van der Waals surface area contributed by atoms with E-state index in [0.717, 1.165) is 11.1 Å². The van der Waals surface area contributed by atoms with Gasteiger partial charge in [0.1, 0.15) is 13.2 Å². The zero-order valence-electron chi connectivity index (χ0n) is 16.7. The van der Waals surface area contributed by atoms with Crippen LogP contribution in [-0.4, -0.2) is 37.5 Å². The minimum Gasteiger partial charge on any atom is -0.486 e. The molecule has 0 saturated heterocycles. The van der Waals surface area contributed by atoms with Crippen LogP contribution in [0.15, 0.2) is 30.3 Å². The molecule has 1 N–H and O–H groups in total. The SMILES string of the molecule is Cc1cc(C)c(NC(=O)COC(=O)CCC(=O)c2ccc3c(c2)OCCO3)c(Cl)c1. The Balaban J connectivity index is 1.46. The van der Waals surface area contributed by atoms with E-state index in [2.05, 4.69) is 5.32 Å². The second kappa shape index (κ2) is 9.63. The predicted molar refractivity (Wildman–Crippen MR) is 112 cm³/mol. The lowest BCUT2D eigenvalue weighted by atomic mass is 10.1. The van der Waals surface area contributed by atoms with Crippen LogP contribution in [0.25, 0.3) is 0 Å². The molecule has 0 atom stereocenters. The van der Waals surface area contributed by atoms with Crippen molar-refractivity contribution in [3.05, 3.63) is 52.0 Å². The molecular formula is C22H22ClNO6. The van der Waals surface area contributed by atoms with Gasteiger partial charge in [-0.2, -0.15) is 0 Å². The molecular weight excluding hydrogens is 410 g/mol. The van der Waals surface area contributed by atoms with E-state index in [-0.39, 0.29) is 18.6 Å². The first-order valence-corrected chi connectivity index (χ1v) is 9.86. The fourth-order valence-corrected chi connectivity index (χ4v) is 3.41. The minimum atomic E-state index is -0.636. The average molecular weight is 432 g/mol. The van der Waals surface area contributed by atoms with Crippen molar-refractivity contribution in [3.8, 4) is 11.5 Å². The molecule has 0 fully saturated rings. The van der Waals surface area contributed by atoms with Gasteiger partial charge in [-0.05, 0) is 49.2 Å². The molecule has 1 aliphatic rings. The highest BCUT2D eigenvalue weighted by Crippen LogP contribution is 2.31. The number of fused-ring (bicyclic) bond motifs is 1. The number of benzene rings is 2. The number of aryl methyl sites for hydroxylation is 2. The number of hydrogen-bond donors (Lipinski definition) is 1. The number of rotatable bonds is 7. The van der Waals surface area contributed by atoms with Gasteiger partial charge in [-0.3, -0.25) is 14.4 Å². The van der Waals surface area contributed by atoms with Crippen LogP contribution in [0.2, 0.25) is 5.02 Å². The van der Waals surface area contributed by atoms with Crippen LogP contribution in [0.5, 0.6) is 11.5 Å². The van der Waals surface area contributed by atoms with Gasteiger partial charge in [0.15, 0.2) is 23.9 Å². The van der Waals surface area contributed by atoms with Crippen molar-refractivity contribution in [3.63, 3.8) is 0 Å². The number of halogens is 1. The number of hydrogen-bond acceptors (Lipinski definition) is 6. The van der Waals surface area contributed by atoms with Gasteiger partial charge in [-0.1, -0.05) is 17.7 Å².